The van der Waals surface area contributed by atoms with Crippen LogP contribution in [0.25, 0.3) is 0 Å². The first-order valence-corrected chi connectivity index (χ1v) is 7.31. The van der Waals surface area contributed by atoms with Crippen LogP contribution in [0.4, 0.5) is 0 Å². The quantitative estimate of drug-likeness (QED) is 0.680. The van der Waals surface area contributed by atoms with Crippen LogP contribution in [0.1, 0.15) is 27.6 Å². The van der Waals surface area contributed by atoms with Crippen molar-refractivity contribution in [2.24, 2.45) is 0 Å². The summed E-state index contributed by atoms with van der Waals surface area (Å²) < 4.78 is 6.31. The van der Waals surface area contributed by atoms with Crippen molar-refractivity contribution in [1.29, 1.82) is 0 Å². The fraction of sp³-hybridized carbons (Fsp3) is 0.250. The van der Waals surface area contributed by atoms with Crippen molar-refractivity contribution in [3.05, 3.63) is 63.1 Å². The highest BCUT2D eigenvalue weighted by atomic mass is 79.9. The maximum atomic E-state index is 6.65. The Labute approximate surface area is 127 Å². The van der Waals surface area contributed by atoms with Gasteiger partial charge in [-0.05, 0) is 54.3 Å². The lowest BCUT2D eigenvalue weighted by Crippen LogP contribution is -1.99. The summed E-state index contributed by atoms with van der Waals surface area (Å²) in [6, 6.07) is 12.1. The zero-order chi connectivity index (χ0) is 14.0. The molecule has 0 spiro atoms. The molecule has 0 saturated carbocycles. The topological polar surface area (TPSA) is 9.23 Å². The van der Waals surface area contributed by atoms with Crippen LogP contribution in [0.15, 0.2) is 40.9 Å². The summed E-state index contributed by atoms with van der Waals surface area (Å²) >= 11 is 10.2. The maximum Gasteiger partial charge on any atom is 0.119 e. The molecule has 3 heteroatoms. The Morgan fingerprint density at radius 1 is 1.11 bits per heavy atom. The molecule has 0 bridgehead atoms. The average molecular weight is 340 g/mol. The molecule has 0 heterocycles. The molecule has 1 atom stereocenters. The Morgan fingerprint density at radius 3 is 2.47 bits per heavy atom. The maximum absolute atomic E-state index is 6.65. The van der Waals surface area contributed by atoms with E-state index in [1.54, 1.807) is 7.11 Å². The van der Waals surface area contributed by atoms with Crippen LogP contribution in [0.3, 0.4) is 0 Å². The van der Waals surface area contributed by atoms with Gasteiger partial charge in [0.1, 0.15) is 5.75 Å². The molecule has 0 aromatic heterocycles. The van der Waals surface area contributed by atoms with Gasteiger partial charge >= 0.3 is 0 Å². The minimum atomic E-state index is -0.150. The van der Waals surface area contributed by atoms with E-state index in [9.17, 15) is 0 Å². The van der Waals surface area contributed by atoms with Gasteiger partial charge < -0.3 is 4.74 Å². The number of methoxy groups -OCH3 is 1. The fourth-order valence-corrected chi connectivity index (χ4v) is 2.99. The van der Waals surface area contributed by atoms with E-state index < -0.39 is 0 Å². The van der Waals surface area contributed by atoms with Gasteiger partial charge in [0.2, 0.25) is 0 Å². The number of hydrogen-bond donors (Lipinski definition) is 0. The molecule has 0 radical (unpaired) electrons. The first-order chi connectivity index (χ1) is 9.04. The van der Waals surface area contributed by atoms with Crippen LogP contribution < -0.4 is 4.74 Å². The third-order valence-electron chi connectivity index (χ3n) is 3.33. The van der Waals surface area contributed by atoms with Crippen molar-refractivity contribution in [3.8, 4) is 5.75 Å². The molecule has 0 fully saturated rings. The average Bonchev–Trinajstić information content (AvgIpc) is 2.41. The van der Waals surface area contributed by atoms with Crippen molar-refractivity contribution in [2.45, 2.75) is 19.2 Å². The van der Waals surface area contributed by atoms with E-state index in [-0.39, 0.29) is 5.38 Å². The smallest absolute Gasteiger partial charge is 0.119 e. The zero-order valence-corrected chi connectivity index (χ0v) is 13.5. The van der Waals surface area contributed by atoms with Crippen LogP contribution in [0, 0.1) is 13.8 Å². The lowest BCUT2D eigenvalue weighted by molar-refractivity contribution is 0.414. The first-order valence-electron chi connectivity index (χ1n) is 6.08. The Bertz CT molecular complexity index is 595. The number of hydrogen-bond acceptors (Lipinski definition) is 1. The number of aryl methyl sites for hydroxylation is 1. The van der Waals surface area contributed by atoms with Crippen LogP contribution >= 0.6 is 27.5 Å². The number of benzene rings is 2. The summed E-state index contributed by atoms with van der Waals surface area (Å²) in [6.45, 7) is 4.13. The molecule has 19 heavy (non-hydrogen) atoms. The summed E-state index contributed by atoms with van der Waals surface area (Å²) in [5.41, 5.74) is 4.56. The summed E-state index contributed by atoms with van der Waals surface area (Å²) in [4.78, 5) is 0. The summed E-state index contributed by atoms with van der Waals surface area (Å²) in [6.07, 6.45) is 0. The standard InChI is InChI=1S/C16H16BrClO/c1-10-9-12(19-3)7-8-13(10)16(18)14-5-4-6-15(17)11(14)2/h4-9,16H,1-3H3. The van der Waals surface area contributed by atoms with E-state index in [0.29, 0.717) is 0 Å². The molecule has 0 amide bonds. The second-order valence-corrected chi connectivity index (χ2v) is 5.83. The molecule has 2 rings (SSSR count). The van der Waals surface area contributed by atoms with Gasteiger partial charge in [-0.2, -0.15) is 0 Å². The Morgan fingerprint density at radius 2 is 1.84 bits per heavy atom. The van der Waals surface area contributed by atoms with Gasteiger partial charge in [0.15, 0.2) is 0 Å². The van der Waals surface area contributed by atoms with Crippen molar-refractivity contribution in [3.63, 3.8) is 0 Å². The molecule has 1 unspecified atom stereocenters. The number of ether oxygens (including phenoxy) is 1. The molecular formula is C16H16BrClO. The van der Waals surface area contributed by atoms with E-state index >= 15 is 0 Å². The van der Waals surface area contributed by atoms with Gasteiger partial charge in [0, 0.05) is 4.47 Å². The lowest BCUT2D eigenvalue weighted by atomic mass is 9.97. The van der Waals surface area contributed by atoms with Gasteiger partial charge in [0.25, 0.3) is 0 Å². The van der Waals surface area contributed by atoms with Gasteiger partial charge in [-0.25, -0.2) is 0 Å². The number of halogens is 2. The minimum Gasteiger partial charge on any atom is -0.497 e. The molecule has 0 saturated heterocycles. The van der Waals surface area contributed by atoms with Crippen molar-refractivity contribution < 1.29 is 4.74 Å². The molecule has 2 aromatic carbocycles. The second-order valence-electron chi connectivity index (χ2n) is 4.54. The van der Waals surface area contributed by atoms with Gasteiger partial charge in [-0.1, -0.05) is 34.1 Å². The molecule has 0 aliphatic heterocycles. The minimum absolute atomic E-state index is 0.150. The van der Waals surface area contributed by atoms with Crippen molar-refractivity contribution >= 4 is 27.5 Å². The second kappa shape index (κ2) is 5.98. The highest BCUT2D eigenvalue weighted by Gasteiger charge is 2.16. The third kappa shape index (κ3) is 2.96. The van der Waals surface area contributed by atoms with Gasteiger partial charge in [-0.3, -0.25) is 0 Å². The SMILES string of the molecule is COc1ccc(C(Cl)c2cccc(Br)c2C)c(C)c1. The van der Waals surface area contributed by atoms with Crippen LogP contribution in [-0.4, -0.2) is 7.11 Å². The van der Waals surface area contributed by atoms with Crippen molar-refractivity contribution in [2.75, 3.05) is 7.11 Å². The van der Waals surface area contributed by atoms with Crippen LogP contribution in [0.5, 0.6) is 5.75 Å². The van der Waals surface area contributed by atoms with E-state index in [1.807, 2.05) is 30.3 Å². The highest BCUT2D eigenvalue weighted by molar-refractivity contribution is 9.10. The normalized spacial score (nSPS) is 12.3. The Kier molecular flexibility index (Phi) is 4.54. The molecule has 100 valence electrons. The molecular weight excluding hydrogens is 324 g/mol. The number of rotatable bonds is 3. The Hall–Kier alpha value is -0.990. The molecule has 0 aliphatic rings. The predicted octanol–water partition coefficient (Wildman–Crippen LogP) is 5.40. The first kappa shape index (κ1) is 14.4. The molecule has 1 nitrogen and oxygen atoms in total. The van der Waals surface area contributed by atoms with Gasteiger partial charge in [-0.15, -0.1) is 11.6 Å². The summed E-state index contributed by atoms with van der Waals surface area (Å²) in [5, 5.41) is -0.150. The molecule has 2 aromatic rings. The fourth-order valence-electron chi connectivity index (χ4n) is 2.13. The largest absolute Gasteiger partial charge is 0.497 e. The predicted molar refractivity (Wildman–Crippen MR) is 84.3 cm³/mol. The van der Waals surface area contributed by atoms with E-state index in [0.717, 1.165) is 26.9 Å². The van der Waals surface area contributed by atoms with E-state index in [1.165, 1.54) is 5.56 Å². The summed E-state index contributed by atoms with van der Waals surface area (Å²) in [5.74, 6) is 0.857. The van der Waals surface area contributed by atoms with Crippen LogP contribution in [-0.2, 0) is 0 Å². The van der Waals surface area contributed by atoms with Crippen LogP contribution in [0.2, 0.25) is 0 Å². The highest BCUT2D eigenvalue weighted by Crippen LogP contribution is 2.36. The van der Waals surface area contributed by atoms with E-state index in [2.05, 4.69) is 35.8 Å². The Balaban J connectivity index is 2.44. The summed E-state index contributed by atoms with van der Waals surface area (Å²) in [7, 11) is 1.67. The lowest BCUT2D eigenvalue weighted by Gasteiger charge is -2.17. The molecule has 0 N–H and O–H groups in total. The molecule has 0 aliphatic carbocycles. The van der Waals surface area contributed by atoms with Gasteiger partial charge in [0.05, 0.1) is 12.5 Å². The monoisotopic (exact) mass is 338 g/mol. The number of alkyl halides is 1. The third-order valence-corrected chi connectivity index (χ3v) is 4.66. The van der Waals surface area contributed by atoms with E-state index in [4.69, 9.17) is 16.3 Å². The van der Waals surface area contributed by atoms with Crippen molar-refractivity contribution in [1.82, 2.24) is 0 Å². The zero-order valence-electron chi connectivity index (χ0n) is 11.2.